The van der Waals surface area contributed by atoms with Crippen LogP contribution in [-0.2, 0) is 10.0 Å². The highest BCUT2D eigenvalue weighted by atomic mass is 32.2. The lowest BCUT2D eigenvalue weighted by atomic mass is 10.2. The minimum absolute atomic E-state index is 0.184. The maximum absolute atomic E-state index is 12.5. The van der Waals surface area contributed by atoms with Crippen LogP contribution in [0.2, 0.25) is 0 Å². The molecular formula is C17H15N3O2S. The molecule has 0 bridgehead atoms. The second-order valence-corrected chi connectivity index (χ2v) is 6.52. The summed E-state index contributed by atoms with van der Waals surface area (Å²) in [6.45, 7) is 3.65. The molecule has 1 aromatic heterocycles. The Morgan fingerprint density at radius 3 is 2.35 bits per heavy atom. The molecule has 0 saturated heterocycles. The van der Waals surface area contributed by atoms with Crippen LogP contribution < -0.4 is 4.72 Å². The van der Waals surface area contributed by atoms with Gasteiger partial charge >= 0.3 is 0 Å². The molecule has 0 amide bonds. The SMILES string of the molecule is C=Cc1ccc(S(=O)(=O)Nc2ccnn2-c2ccccc2)cc1. The van der Waals surface area contributed by atoms with E-state index in [0.29, 0.717) is 5.82 Å². The zero-order valence-corrected chi connectivity index (χ0v) is 13.1. The van der Waals surface area contributed by atoms with E-state index in [-0.39, 0.29) is 4.90 Å². The van der Waals surface area contributed by atoms with Crippen molar-refractivity contribution in [1.29, 1.82) is 0 Å². The Bertz CT molecular complexity index is 914. The zero-order valence-electron chi connectivity index (χ0n) is 12.3. The third kappa shape index (κ3) is 3.17. The molecule has 5 nitrogen and oxygen atoms in total. The fourth-order valence-corrected chi connectivity index (χ4v) is 3.18. The molecule has 3 rings (SSSR count). The van der Waals surface area contributed by atoms with Crippen molar-refractivity contribution < 1.29 is 8.42 Å². The van der Waals surface area contributed by atoms with Gasteiger partial charge in [-0.05, 0) is 29.8 Å². The minimum atomic E-state index is -3.68. The van der Waals surface area contributed by atoms with Crippen LogP contribution in [0.3, 0.4) is 0 Å². The molecule has 0 spiro atoms. The molecule has 0 aliphatic rings. The Morgan fingerprint density at radius 2 is 1.70 bits per heavy atom. The molecule has 0 fully saturated rings. The van der Waals surface area contributed by atoms with Gasteiger partial charge in [0.2, 0.25) is 0 Å². The van der Waals surface area contributed by atoms with E-state index < -0.39 is 10.0 Å². The molecule has 0 aliphatic carbocycles. The molecule has 1 heterocycles. The summed E-state index contributed by atoms with van der Waals surface area (Å²) in [4.78, 5) is 0.184. The number of rotatable bonds is 5. The van der Waals surface area contributed by atoms with Crippen molar-refractivity contribution >= 4 is 21.9 Å². The maximum Gasteiger partial charge on any atom is 0.263 e. The predicted molar refractivity (Wildman–Crippen MR) is 90.9 cm³/mol. The smallest absolute Gasteiger partial charge is 0.263 e. The van der Waals surface area contributed by atoms with E-state index in [1.165, 1.54) is 4.68 Å². The Balaban J connectivity index is 1.92. The Kier molecular flexibility index (Phi) is 3.99. The van der Waals surface area contributed by atoms with Crippen LogP contribution in [0.1, 0.15) is 5.56 Å². The topological polar surface area (TPSA) is 64.0 Å². The lowest BCUT2D eigenvalue weighted by Crippen LogP contribution is -2.15. The number of benzene rings is 2. The van der Waals surface area contributed by atoms with Crippen LogP contribution >= 0.6 is 0 Å². The molecule has 116 valence electrons. The van der Waals surface area contributed by atoms with Crippen molar-refractivity contribution in [3.63, 3.8) is 0 Å². The molecule has 23 heavy (non-hydrogen) atoms. The normalized spacial score (nSPS) is 11.1. The van der Waals surface area contributed by atoms with Gasteiger partial charge in [-0.15, -0.1) is 0 Å². The van der Waals surface area contributed by atoms with Crippen LogP contribution in [0.5, 0.6) is 0 Å². The quantitative estimate of drug-likeness (QED) is 0.782. The minimum Gasteiger partial charge on any atom is -0.263 e. The van der Waals surface area contributed by atoms with Crippen LogP contribution in [0.25, 0.3) is 11.8 Å². The number of hydrogen-bond donors (Lipinski definition) is 1. The lowest BCUT2D eigenvalue weighted by Gasteiger charge is -2.10. The summed E-state index contributed by atoms with van der Waals surface area (Å²) in [5.41, 5.74) is 1.63. The van der Waals surface area contributed by atoms with Gasteiger partial charge in [0.15, 0.2) is 0 Å². The van der Waals surface area contributed by atoms with Gasteiger partial charge in [0.05, 0.1) is 16.8 Å². The van der Waals surface area contributed by atoms with Crippen molar-refractivity contribution in [2.45, 2.75) is 4.90 Å². The van der Waals surface area contributed by atoms with Crippen LogP contribution in [0.4, 0.5) is 5.82 Å². The van der Waals surface area contributed by atoms with Gasteiger partial charge < -0.3 is 0 Å². The molecule has 2 aromatic carbocycles. The summed E-state index contributed by atoms with van der Waals surface area (Å²) >= 11 is 0. The van der Waals surface area contributed by atoms with Crippen molar-refractivity contribution in [3.05, 3.63) is 79.0 Å². The monoisotopic (exact) mass is 325 g/mol. The van der Waals surface area contributed by atoms with Crippen LogP contribution in [0.15, 0.2) is 78.3 Å². The van der Waals surface area contributed by atoms with Gasteiger partial charge in [0.25, 0.3) is 10.0 Å². The Hall–Kier alpha value is -2.86. The third-order valence-corrected chi connectivity index (χ3v) is 4.68. The number of para-hydroxylation sites is 1. The fraction of sp³-hybridized carbons (Fsp3) is 0. The number of aromatic nitrogens is 2. The fourth-order valence-electron chi connectivity index (χ4n) is 2.14. The number of sulfonamides is 1. The molecule has 0 saturated carbocycles. The van der Waals surface area contributed by atoms with Crippen molar-refractivity contribution in [2.24, 2.45) is 0 Å². The average Bonchev–Trinajstić information content (AvgIpc) is 3.03. The molecule has 0 aliphatic heterocycles. The first-order valence-electron chi connectivity index (χ1n) is 6.95. The number of nitrogens with one attached hydrogen (secondary N) is 1. The Morgan fingerprint density at radius 1 is 1.00 bits per heavy atom. The van der Waals surface area contributed by atoms with Crippen molar-refractivity contribution in [2.75, 3.05) is 4.72 Å². The molecule has 6 heteroatoms. The van der Waals surface area contributed by atoms with E-state index in [9.17, 15) is 8.42 Å². The standard InChI is InChI=1S/C17H15N3O2S/c1-2-14-8-10-16(11-9-14)23(21,22)19-17-12-13-18-20(17)15-6-4-3-5-7-15/h2-13,19H,1H2. The van der Waals surface area contributed by atoms with Gasteiger partial charge in [0, 0.05) is 6.07 Å². The average molecular weight is 325 g/mol. The summed E-state index contributed by atoms with van der Waals surface area (Å²) in [5.74, 6) is 0.379. The molecule has 0 atom stereocenters. The summed E-state index contributed by atoms with van der Waals surface area (Å²) in [6.07, 6.45) is 3.21. The highest BCUT2D eigenvalue weighted by molar-refractivity contribution is 7.92. The van der Waals surface area contributed by atoms with Crippen LogP contribution in [-0.4, -0.2) is 18.2 Å². The van der Waals surface area contributed by atoms with Crippen LogP contribution in [0, 0.1) is 0 Å². The van der Waals surface area contributed by atoms with Crippen molar-refractivity contribution in [1.82, 2.24) is 9.78 Å². The van der Waals surface area contributed by atoms with E-state index in [1.54, 1.807) is 42.6 Å². The Labute approximate surface area is 135 Å². The lowest BCUT2D eigenvalue weighted by molar-refractivity contribution is 0.600. The maximum atomic E-state index is 12.5. The molecule has 1 N–H and O–H groups in total. The van der Waals surface area contributed by atoms with Crippen molar-refractivity contribution in [3.8, 4) is 5.69 Å². The second-order valence-electron chi connectivity index (χ2n) is 4.84. The van der Waals surface area contributed by atoms with E-state index in [4.69, 9.17) is 0 Å². The first kappa shape index (κ1) is 15.1. The third-order valence-electron chi connectivity index (χ3n) is 3.31. The largest absolute Gasteiger partial charge is 0.263 e. The zero-order chi connectivity index (χ0) is 16.3. The summed E-state index contributed by atoms with van der Waals surface area (Å²) in [6, 6.07) is 17.4. The number of nitrogens with zero attached hydrogens (tertiary/aromatic N) is 2. The highest BCUT2D eigenvalue weighted by Gasteiger charge is 2.16. The van der Waals surface area contributed by atoms with E-state index in [2.05, 4.69) is 16.4 Å². The first-order chi connectivity index (χ1) is 11.1. The first-order valence-corrected chi connectivity index (χ1v) is 8.43. The summed E-state index contributed by atoms with van der Waals surface area (Å²) in [7, 11) is -3.68. The molecular weight excluding hydrogens is 310 g/mol. The summed E-state index contributed by atoms with van der Waals surface area (Å²) < 4.78 is 29.1. The van der Waals surface area contributed by atoms with Gasteiger partial charge in [-0.25, -0.2) is 13.1 Å². The predicted octanol–water partition coefficient (Wildman–Crippen LogP) is 3.32. The number of anilines is 1. The summed E-state index contributed by atoms with van der Waals surface area (Å²) in [5, 5.41) is 4.17. The molecule has 0 unspecified atom stereocenters. The second kappa shape index (κ2) is 6.10. The molecule has 3 aromatic rings. The van der Waals surface area contributed by atoms with Gasteiger partial charge in [-0.2, -0.15) is 5.10 Å². The van der Waals surface area contributed by atoms with E-state index in [0.717, 1.165) is 11.3 Å². The highest BCUT2D eigenvalue weighted by Crippen LogP contribution is 2.19. The molecule has 0 radical (unpaired) electrons. The van der Waals surface area contributed by atoms with Gasteiger partial charge in [-0.1, -0.05) is 43.0 Å². The van der Waals surface area contributed by atoms with E-state index >= 15 is 0 Å². The van der Waals surface area contributed by atoms with Gasteiger partial charge in [0.1, 0.15) is 5.82 Å². The van der Waals surface area contributed by atoms with Gasteiger partial charge in [-0.3, -0.25) is 4.72 Å². The number of hydrogen-bond acceptors (Lipinski definition) is 3. The van der Waals surface area contributed by atoms with E-state index in [1.807, 2.05) is 30.3 Å².